The van der Waals surface area contributed by atoms with Gasteiger partial charge in [0, 0.05) is 18.7 Å². The molecule has 0 fully saturated rings. The minimum Gasteiger partial charge on any atom is -0.481 e. The Balaban J connectivity index is 2.77. The summed E-state index contributed by atoms with van der Waals surface area (Å²) in [6.07, 6.45) is 1.58. The van der Waals surface area contributed by atoms with E-state index in [0.29, 0.717) is 12.1 Å². The molecule has 0 spiro atoms. The Morgan fingerprint density at radius 3 is 2.40 bits per heavy atom. The van der Waals surface area contributed by atoms with Crippen molar-refractivity contribution in [2.24, 2.45) is 0 Å². The van der Waals surface area contributed by atoms with Gasteiger partial charge in [0.15, 0.2) is 0 Å². The zero-order valence-electron chi connectivity index (χ0n) is 11.6. The van der Waals surface area contributed by atoms with Crippen molar-refractivity contribution in [3.63, 3.8) is 0 Å². The Morgan fingerprint density at radius 1 is 1.30 bits per heavy atom. The molecule has 0 aliphatic heterocycles. The number of likely N-dealkylation sites (N-methyl/N-ethyl adjacent to an activating group) is 1. The predicted octanol–water partition coefficient (Wildman–Crippen LogP) is 2.55. The minimum atomic E-state index is -0.934. The number of halogens is 1. The molecular formula is C15H18FNO3. The second-order valence-corrected chi connectivity index (χ2v) is 4.41. The number of carbonyl (C=O) groups is 2. The molecule has 0 aromatic heterocycles. The Morgan fingerprint density at radius 2 is 1.90 bits per heavy atom. The lowest BCUT2D eigenvalue weighted by molar-refractivity contribution is -0.138. The fourth-order valence-electron chi connectivity index (χ4n) is 1.75. The van der Waals surface area contributed by atoms with Crippen molar-refractivity contribution in [2.75, 3.05) is 13.1 Å². The lowest BCUT2D eigenvalue weighted by Crippen LogP contribution is -2.33. The third kappa shape index (κ3) is 4.84. The molecule has 0 aliphatic rings. The standard InChI is InChI=1S/C15H18FNO3/c1-3-17(9-8-14(18)19)15(20)11(2)10-12-4-6-13(16)7-5-12/h4-7,10H,3,8-9H2,1-2H3,(H,18,19). The van der Waals surface area contributed by atoms with Gasteiger partial charge in [-0.05, 0) is 37.6 Å². The number of carboxylic acids is 1. The third-order valence-electron chi connectivity index (χ3n) is 2.86. The fraction of sp³-hybridized carbons (Fsp3) is 0.333. The number of hydrogen-bond donors (Lipinski definition) is 1. The topological polar surface area (TPSA) is 57.6 Å². The SMILES string of the molecule is CCN(CCC(=O)O)C(=O)C(C)=Cc1ccc(F)cc1. The van der Waals surface area contributed by atoms with E-state index in [4.69, 9.17) is 5.11 Å². The van der Waals surface area contributed by atoms with Gasteiger partial charge in [-0.3, -0.25) is 9.59 Å². The van der Waals surface area contributed by atoms with Gasteiger partial charge in [0.05, 0.1) is 6.42 Å². The number of aliphatic carboxylic acids is 1. The molecule has 1 aromatic carbocycles. The number of carboxylic acid groups (broad SMARTS) is 1. The summed E-state index contributed by atoms with van der Waals surface area (Å²) >= 11 is 0. The first-order valence-corrected chi connectivity index (χ1v) is 6.39. The first-order valence-electron chi connectivity index (χ1n) is 6.39. The van der Waals surface area contributed by atoms with Crippen LogP contribution in [0, 0.1) is 5.82 Å². The van der Waals surface area contributed by atoms with Crippen LogP contribution in [0.5, 0.6) is 0 Å². The van der Waals surface area contributed by atoms with Crippen LogP contribution in [-0.2, 0) is 9.59 Å². The van der Waals surface area contributed by atoms with E-state index in [1.807, 2.05) is 0 Å². The molecule has 0 saturated heterocycles. The van der Waals surface area contributed by atoms with Crippen molar-refractivity contribution in [1.82, 2.24) is 4.90 Å². The quantitative estimate of drug-likeness (QED) is 0.814. The van der Waals surface area contributed by atoms with E-state index in [0.717, 1.165) is 5.56 Å². The normalized spacial score (nSPS) is 11.2. The molecule has 1 amide bonds. The maximum absolute atomic E-state index is 12.8. The summed E-state index contributed by atoms with van der Waals surface area (Å²) in [4.78, 5) is 24.2. The van der Waals surface area contributed by atoms with Crippen molar-refractivity contribution in [2.45, 2.75) is 20.3 Å². The molecule has 1 aromatic rings. The van der Waals surface area contributed by atoms with E-state index in [2.05, 4.69) is 0 Å². The molecule has 0 bridgehead atoms. The van der Waals surface area contributed by atoms with Gasteiger partial charge in [0.2, 0.25) is 5.91 Å². The lowest BCUT2D eigenvalue weighted by Gasteiger charge is -2.20. The maximum atomic E-state index is 12.8. The van der Waals surface area contributed by atoms with E-state index in [1.165, 1.54) is 17.0 Å². The molecule has 0 heterocycles. The van der Waals surface area contributed by atoms with E-state index >= 15 is 0 Å². The van der Waals surface area contributed by atoms with Crippen LogP contribution in [-0.4, -0.2) is 35.0 Å². The molecule has 1 N–H and O–H groups in total. The van der Waals surface area contributed by atoms with Gasteiger partial charge in [-0.15, -0.1) is 0 Å². The Kier molecular flexibility index (Phi) is 5.90. The van der Waals surface area contributed by atoms with Gasteiger partial charge >= 0.3 is 5.97 Å². The van der Waals surface area contributed by atoms with E-state index in [1.54, 1.807) is 32.1 Å². The van der Waals surface area contributed by atoms with Crippen LogP contribution in [0.3, 0.4) is 0 Å². The van der Waals surface area contributed by atoms with Gasteiger partial charge in [0.25, 0.3) is 0 Å². The molecular weight excluding hydrogens is 261 g/mol. The highest BCUT2D eigenvalue weighted by Crippen LogP contribution is 2.10. The summed E-state index contributed by atoms with van der Waals surface area (Å²) in [5.74, 6) is -1.47. The maximum Gasteiger partial charge on any atom is 0.305 e. The fourth-order valence-corrected chi connectivity index (χ4v) is 1.75. The number of nitrogens with zero attached hydrogens (tertiary/aromatic N) is 1. The summed E-state index contributed by atoms with van der Waals surface area (Å²) in [5, 5.41) is 8.65. The Labute approximate surface area is 117 Å². The van der Waals surface area contributed by atoms with Crippen molar-refractivity contribution < 1.29 is 19.1 Å². The number of hydrogen-bond acceptors (Lipinski definition) is 2. The highest BCUT2D eigenvalue weighted by atomic mass is 19.1. The van der Waals surface area contributed by atoms with Gasteiger partial charge in [-0.2, -0.15) is 0 Å². The molecule has 108 valence electrons. The first-order chi connectivity index (χ1) is 9.43. The van der Waals surface area contributed by atoms with E-state index in [9.17, 15) is 14.0 Å². The molecule has 0 unspecified atom stereocenters. The monoisotopic (exact) mass is 279 g/mol. The van der Waals surface area contributed by atoms with Crippen LogP contribution in [0.15, 0.2) is 29.8 Å². The van der Waals surface area contributed by atoms with Crippen molar-refractivity contribution in [3.8, 4) is 0 Å². The molecule has 1 rings (SSSR count). The molecule has 4 nitrogen and oxygen atoms in total. The summed E-state index contributed by atoms with van der Waals surface area (Å²) < 4.78 is 12.8. The van der Waals surface area contributed by atoms with Crippen molar-refractivity contribution in [1.29, 1.82) is 0 Å². The molecule has 0 aliphatic carbocycles. The first kappa shape index (κ1) is 15.9. The summed E-state index contributed by atoms with van der Waals surface area (Å²) in [6, 6.07) is 5.82. The number of rotatable bonds is 6. The average molecular weight is 279 g/mol. The zero-order chi connectivity index (χ0) is 15.1. The smallest absolute Gasteiger partial charge is 0.305 e. The predicted molar refractivity (Wildman–Crippen MR) is 74.6 cm³/mol. The Hall–Kier alpha value is -2.17. The number of benzene rings is 1. The van der Waals surface area contributed by atoms with E-state index in [-0.39, 0.29) is 24.7 Å². The van der Waals surface area contributed by atoms with Crippen molar-refractivity contribution >= 4 is 18.0 Å². The van der Waals surface area contributed by atoms with Crippen molar-refractivity contribution in [3.05, 3.63) is 41.2 Å². The molecule has 20 heavy (non-hydrogen) atoms. The third-order valence-corrected chi connectivity index (χ3v) is 2.86. The largest absolute Gasteiger partial charge is 0.481 e. The van der Waals surface area contributed by atoms with Crippen LogP contribution in [0.4, 0.5) is 4.39 Å². The molecule has 0 atom stereocenters. The van der Waals surface area contributed by atoms with Gasteiger partial charge in [0.1, 0.15) is 5.82 Å². The molecule has 5 heteroatoms. The van der Waals surface area contributed by atoms with Gasteiger partial charge in [-0.1, -0.05) is 12.1 Å². The van der Waals surface area contributed by atoms with Gasteiger partial charge in [-0.25, -0.2) is 4.39 Å². The van der Waals surface area contributed by atoms with E-state index < -0.39 is 5.97 Å². The minimum absolute atomic E-state index is 0.0800. The van der Waals surface area contributed by atoms with Crippen LogP contribution in [0.2, 0.25) is 0 Å². The van der Waals surface area contributed by atoms with Crippen LogP contribution < -0.4 is 0 Å². The summed E-state index contributed by atoms with van der Waals surface area (Å²) in [6.45, 7) is 4.08. The van der Waals surface area contributed by atoms with Crippen LogP contribution in [0.25, 0.3) is 6.08 Å². The number of amides is 1. The number of carbonyl (C=O) groups excluding carboxylic acids is 1. The summed E-state index contributed by atoms with van der Waals surface area (Å²) in [5.41, 5.74) is 1.22. The highest BCUT2D eigenvalue weighted by Gasteiger charge is 2.14. The van der Waals surface area contributed by atoms with Gasteiger partial charge < -0.3 is 10.0 Å². The molecule has 0 radical (unpaired) electrons. The Bertz CT molecular complexity index is 508. The van der Waals surface area contributed by atoms with Crippen LogP contribution >= 0.6 is 0 Å². The van der Waals surface area contributed by atoms with Crippen LogP contribution in [0.1, 0.15) is 25.8 Å². The second-order valence-electron chi connectivity index (χ2n) is 4.41. The summed E-state index contributed by atoms with van der Waals surface area (Å²) in [7, 11) is 0. The average Bonchev–Trinajstić information content (AvgIpc) is 2.41. The second kappa shape index (κ2) is 7.43. The zero-order valence-corrected chi connectivity index (χ0v) is 11.6. The highest BCUT2D eigenvalue weighted by molar-refractivity contribution is 5.97. The molecule has 0 saturated carbocycles. The lowest BCUT2D eigenvalue weighted by atomic mass is 10.1.